The number of nitrogens with one attached hydrogen (secondary N) is 1. The van der Waals surface area contributed by atoms with Gasteiger partial charge in [-0.1, -0.05) is 6.42 Å². The van der Waals surface area contributed by atoms with Crippen molar-refractivity contribution in [2.75, 3.05) is 13.1 Å². The number of aliphatic hydroxyl groups excluding tert-OH is 1. The molecular weight excluding hydrogens is 162 g/mol. The SMILES string of the molecule is CC(O)CNCC1CC2CCC1C2. The highest BCUT2D eigenvalue weighted by Gasteiger charge is 2.38. The fourth-order valence-corrected chi connectivity index (χ4v) is 3.10. The number of rotatable bonds is 4. The topological polar surface area (TPSA) is 32.3 Å². The van der Waals surface area contributed by atoms with Crippen molar-refractivity contribution >= 4 is 0 Å². The molecule has 0 aromatic rings. The van der Waals surface area contributed by atoms with Crippen molar-refractivity contribution in [3.05, 3.63) is 0 Å². The molecule has 2 bridgehead atoms. The summed E-state index contributed by atoms with van der Waals surface area (Å²) in [6, 6.07) is 0. The first kappa shape index (κ1) is 9.47. The van der Waals surface area contributed by atoms with Gasteiger partial charge in [0.1, 0.15) is 0 Å². The number of aliphatic hydroxyl groups is 1. The molecule has 0 aliphatic heterocycles. The highest BCUT2D eigenvalue weighted by Crippen LogP contribution is 2.47. The van der Waals surface area contributed by atoms with Crippen LogP contribution in [0.2, 0.25) is 0 Å². The maximum atomic E-state index is 9.10. The lowest BCUT2D eigenvalue weighted by Crippen LogP contribution is -2.31. The first-order valence-electron chi connectivity index (χ1n) is 5.64. The van der Waals surface area contributed by atoms with Crippen LogP contribution in [0, 0.1) is 17.8 Å². The summed E-state index contributed by atoms with van der Waals surface area (Å²) in [5.74, 6) is 2.97. The van der Waals surface area contributed by atoms with Gasteiger partial charge in [-0.15, -0.1) is 0 Å². The van der Waals surface area contributed by atoms with E-state index in [1.54, 1.807) is 0 Å². The second kappa shape index (κ2) is 3.97. The van der Waals surface area contributed by atoms with Crippen molar-refractivity contribution in [1.29, 1.82) is 0 Å². The molecule has 4 unspecified atom stereocenters. The Morgan fingerprint density at radius 3 is 2.77 bits per heavy atom. The van der Waals surface area contributed by atoms with Crippen LogP contribution in [-0.2, 0) is 0 Å². The minimum atomic E-state index is -0.196. The predicted octanol–water partition coefficient (Wildman–Crippen LogP) is 1.39. The van der Waals surface area contributed by atoms with Gasteiger partial charge in [-0.05, 0) is 50.5 Å². The molecule has 2 N–H and O–H groups in total. The third-order valence-electron chi connectivity index (χ3n) is 3.73. The van der Waals surface area contributed by atoms with E-state index in [2.05, 4.69) is 5.32 Å². The van der Waals surface area contributed by atoms with Gasteiger partial charge in [0, 0.05) is 6.54 Å². The van der Waals surface area contributed by atoms with Gasteiger partial charge < -0.3 is 10.4 Å². The number of hydrogen-bond acceptors (Lipinski definition) is 2. The molecule has 4 atom stereocenters. The van der Waals surface area contributed by atoms with Gasteiger partial charge in [-0.3, -0.25) is 0 Å². The second-order valence-electron chi connectivity index (χ2n) is 4.94. The van der Waals surface area contributed by atoms with Gasteiger partial charge in [-0.2, -0.15) is 0 Å². The Bertz CT molecular complexity index is 169. The Kier molecular flexibility index (Phi) is 2.89. The van der Waals surface area contributed by atoms with Crippen molar-refractivity contribution in [2.45, 2.75) is 38.7 Å². The molecule has 2 aliphatic carbocycles. The third-order valence-corrected chi connectivity index (χ3v) is 3.73. The zero-order chi connectivity index (χ0) is 9.26. The minimum Gasteiger partial charge on any atom is -0.392 e. The maximum Gasteiger partial charge on any atom is 0.0636 e. The summed E-state index contributed by atoms with van der Waals surface area (Å²) < 4.78 is 0. The van der Waals surface area contributed by atoms with Crippen LogP contribution in [0.5, 0.6) is 0 Å². The second-order valence-corrected chi connectivity index (χ2v) is 4.94. The Hall–Kier alpha value is -0.0800. The highest BCUT2D eigenvalue weighted by molar-refractivity contribution is 4.90. The molecule has 0 heterocycles. The molecule has 0 spiro atoms. The lowest BCUT2D eigenvalue weighted by Gasteiger charge is -2.22. The summed E-state index contributed by atoms with van der Waals surface area (Å²) in [4.78, 5) is 0. The molecule has 0 aromatic heterocycles. The van der Waals surface area contributed by atoms with Crippen LogP contribution in [-0.4, -0.2) is 24.3 Å². The average Bonchev–Trinajstić information content (AvgIpc) is 2.64. The molecule has 2 rings (SSSR count). The fraction of sp³-hybridized carbons (Fsp3) is 1.00. The normalized spacial score (nSPS) is 39.7. The van der Waals surface area contributed by atoms with Crippen LogP contribution in [0.1, 0.15) is 32.6 Å². The quantitative estimate of drug-likeness (QED) is 0.690. The van der Waals surface area contributed by atoms with Gasteiger partial charge in [0.05, 0.1) is 6.10 Å². The lowest BCUT2D eigenvalue weighted by atomic mass is 9.89. The molecule has 2 aliphatic rings. The Morgan fingerprint density at radius 2 is 2.23 bits per heavy atom. The van der Waals surface area contributed by atoms with Crippen LogP contribution in [0.25, 0.3) is 0 Å². The number of hydrogen-bond donors (Lipinski definition) is 2. The van der Waals surface area contributed by atoms with Crippen LogP contribution >= 0.6 is 0 Å². The summed E-state index contributed by atoms with van der Waals surface area (Å²) in [7, 11) is 0. The van der Waals surface area contributed by atoms with E-state index in [1.807, 2.05) is 6.92 Å². The summed E-state index contributed by atoms with van der Waals surface area (Å²) in [5.41, 5.74) is 0. The van der Waals surface area contributed by atoms with Gasteiger partial charge >= 0.3 is 0 Å². The Labute approximate surface area is 80.7 Å². The van der Waals surface area contributed by atoms with Crippen molar-refractivity contribution in [2.24, 2.45) is 17.8 Å². The Morgan fingerprint density at radius 1 is 1.38 bits per heavy atom. The van der Waals surface area contributed by atoms with E-state index in [-0.39, 0.29) is 6.10 Å². The monoisotopic (exact) mass is 183 g/mol. The minimum absolute atomic E-state index is 0.196. The summed E-state index contributed by atoms with van der Waals surface area (Å²) in [6.07, 6.45) is 5.68. The van der Waals surface area contributed by atoms with Crippen molar-refractivity contribution in [3.8, 4) is 0 Å². The predicted molar refractivity (Wildman–Crippen MR) is 53.5 cm³/mol. The molecule has 0 amide bonds. The molecule has 2 nitrogen and oxygen atoms in total. The van der Waals surface area contributed by atoms with Gasteiger partial charge in [0.25, 0.3) is 0 Å². The van der Waals surface area contributed by atoms with Crippen LogP contribution < -0.4 is 5.32 Å². The molecule has 0 radical (unpaired) electrons. The van der Waals surface area contributed by atoms with E-state index < -0.39 is 0 Å². The molecular formula is C11H21NO. The third kappa shape index (κ3) is 2.23. The fourth-order valence-electron chi connectivity index (χ4n) is 3.10. The zero-order valence-corrected chi connectivity index (χ0v) is 8.50. The maximum absolute atomic E-state index is 9.10. The van der Waals surface area contributed by atoms with Crippen molar-refractivity contribution in [1.82, 2.24) is 5.32 Å². The lowest BCUT2D eigenvalue weighted by molar-refractivity contribution is 0.185. The van der Waals surface area contributed by atoms with Crippen LogP contribution in [0.4, 0.5) is 0 Å². The Balaban J connectivity index is 1.66. The molecule has 2 heteroatoms. The molecule has 2 fully saturated rings. The summed E-state index contributed by atoms with van der Waals surface area (Å²) in [5, 5.41) is 12.5. The van der Waals surface area contributed by atoms with E-state index in [1.165, 1.54) is 25.7 Å². The molecule has 0 aromatic carbocycles. The van der Waals surface area contributed by atoms with Crippen LogP contribution in [0.15, 0.2) is 0 Å². The largest absolute Gasteiger partial charge is 0.392 e. The van der Waals surface area contributed by atoms with E-state index in [0.29, 0.717) is 0 Å². The molecule has 2 saturated carbocycles. The van der Waals surface area contributed by atoms with Gasteiger partial charge in [-0.25, -0.2) is 0 Å². The average molecular weight is 183 g/mol. The first-order chi connectivity index (χ1) is 6.25. The standard InChI is InChI=1S/C11H21NO/c1-8(13)6-12-7-11-5-9-2-3-10(11)4-9/h8-13H,2-7H2,1H3. The molecule has 0 saturated heterocycles. The zero-order valence-electron chi connectivity index (χ0n) is 8.50. The van der Waals surface area contributed by atoms with Crippen molar-refractivity contribution in [3.63, 3.8) is 0 Å². The first-order valence-corrected chi connectivity index (χ1v) is 5.64. The van der Waals surface area contributed by atoms with E-state index in [4.69, 9.17) is 5.11 Å². The van der Waals surface area contributed by atoms with E-state index >= 15 is 0 Å². The van der Waals surface area contributed by atoms with Gasteiger partial charge in [0.15, 0.2) is 0 Å². The highest BCUT2D eigenvalue weighted by atomic mass is 16.3. The van der Waals surface area contributed by atoms with E-state index in [0.717, 1.165) is 30.8 Å². The van der Waals surface area contributed by atoms with E-state index in [9.17, 15) is 0 Å². The van der Waals surface area contributed by atoms with Crippen LogP contribution in [0.3, 0.4) is 0 Å². The van der Waals surface area contributed by atoms with Gasteiger partial charge in [0.2, 0.25) is 0 Å². The number of fused-ring (bicyclic) bond motifs is 2. The summed E-state index contributed by atoms with van der Waals surface area (Å²) >= 11 is 0. The van der Waals surface area contributed by atoms with Crippen molar-refractivity contribution < 1.29 is 5.11 Å². The molecule has 13 heavy (non-hydrogen) atoms. The smallest absolute Gasteiger partial charge is 0.0636 e. The summed E-state index contributed by atoms with van der Waals surface area (Å²) in [6.45, 7) is 3.73. The molecule has 76 valence electrons.